The summed E-state index contributed by atoms with van der Waals surface area (Å²) in [4.78, 5) is 27.0. The standard InChI is InChI=1S/C14H16N2O3/c17-12-7-3-4-9(12)8-16-13(18)10-5-1-2-6-11(10)15-14(16)19/h1-2,5-6,9,12,17H,3-4,7-8H2,(H,15,19). The third-order valence-electron chi connectivity index (χ3n) is 3.93. The first kappa shape index (κ1) is 12.2. The maximum absolute atomic E-state index is 12.3. The lowest BCUT2D eigenvalue weighted by Crippen LogP contribution is -2.38. The van der Waals surface area contributed by atoms with Crippen LogP contribution in [0.15, 0.2) is 33.9 Å². The highest BCUT2D eigenvalue weighted by atomic mass is 16.3. The van der Waals surface area contributed by atoms with Crippen LogP contribution in [-0.2, 0) is 6.54 Å². The zero-order valence-electron chi connectivity index (χ0n) is 10.5. The summed E-state index contributed by atoms with van der Waals surface area (Å²) in [6, 6.07) is 6.97. The van der Waals surface area contributed by atoms with Crippen LogP contribution in [-0.4, -0.2) is 20.8 Å². The van der Waals surface area contributed by atoms with Crippen LogP contribution >= 0.6 is 0 Å². The van der Waals surface area contributed by atoms with Crippen molar-refractivity contribution in [2.24, 2.45) is 5.92 Å². The minimum Gasteiger partial charge on any atom is -0.393 e. The van der Waals surface area contributed by atoms with E-state index in [1.54, 1.807) is 24.3 Å². The summed E-state index contributed by atoms with van der Waals surface area (Å²) in [6.07, 6.45) is 2.16. The molecular weight excluding hydrogens is 244 g/mol. The number of benzene rings is 1. The number of para-hydroxylation sites is 1. The second kappa shape index (κ2) is 4.66. The molecular formula is C14H16N2O3. The molecule has 5 nitrogen and oxygen atoms in total. The number of nitrogens with one attached hydrogen (secondary N) is 1. The van der Waals surface area contributed by atoms with E-state index in [0.717, 1.165) is 19.3 Å². The van der Waals surface area contributed by atoms with Gasteiger partial charge in [-0.3, -0.25) is 9.36 Å². The average Bonchev–Trinajstić information content (AvgIpc) is 2.80. The van der Waals surface area contributed by atoms with Gasteiger partial charge in [-0.25, -0.2) is 4.79 Å². The summed E-state index contributed by atoms with van der Waals surface area (Å²) < 4.78 is 1.21. The van der Waals surface area contributed by atoms with Crippen LogP contribution in [0.1, 0.15) is 19.3 Å². The Hall–Kier alpha value is -1.88. The Labute approximate surface area is 109 Å². The number of rotatable bonds is 2. The Morgan fingerprint density at radius 1 is 1.26 bits per heavy atom. The van der Waals surface area contributed by atoms with E-state index in [1.807, 2.05) is 0 Å². The monoisotopic (exact) mass is 260 g/mol. The molecule has 1 aliphatic carbocycles. The van der Waals surface area contributed by atoms with Crippen molar-refractivity contribution in [1.29, 1.82) is 0 Å². The number of aliphatic hydroxyl groups excluding tert-OH is 1. The lowest BCUT2D eigenvalue weighted by Gasteiger charge is -2.15. The molecule has 2 aromatic rings. The maximum Gasteiger partial charge on any atom is 0.328 e. The number of aromatic amines is 1. The van der Waals surface area contributed by atoms with Gasteiger partial charge in [0.2, 0.25) is 0 Å². The van der Waals surface area contributed by atoms with E-state index >= 15 is 0 Å². The van der Waals surface area contributed by atoms with E-state index in [-0.39, 0.29) is 11.5 Å². The third-order valence-corrected chi connectivity index (χ3v) is 3.93. The lowest BCUT2D eigenvalue weighted by atomic mass is 10.1. The van der Waals surface area contributed by atoms with Crippen molar-refractivity contribution < 1.29 is 5.11 Å². The number of fused-ring (bicyclic) bond motifs is 1. The summed E-state index contributed by atoms with van der Waals surface area (Å²) in [5.41, 5.74) is -0.123. The lowest BCUT2D eigenvalue weighted by molar-refractivity contribution is 0.122. The molecule has 5 heteroatoms. The second-order valence-electron chi connectivity index (χ2n) is 5.15. The van der Waals surface area contributed by atoms with Crippen LogP contribution in [0.5, 0.6) is 0 Å². The van der Waals surface area contributed by atoms with Gasteiger partial charge in [-0.15, -0.1) is 0 Å². The quantitative estimate of drug-likeness (QED) is 0.840. The molecule has 0 radical (unpaired) electrons. The molecule has 2 N–H and O–H groups in total. The highest BCUT2D eigenvalue weighted by Gasteiger charge is 2.26. The van der Waals surface area contributed by atoms with Gasteiger partial charge in [0, 0.05) is 12.5 Å². The van der Waals surface area contributed by atoms with E-state index in [9.17, 15) is 14.7 Å². The van der Waals surface area contributed by atoms with E-state index in [1.165, 1.54) is 4.57 Å². The molecule has 2 atom stereocenters. The second-order valence-corrected chi connectivity index (χ2v) is 5.15. The number of hydrogen-bond acceptors (Lipinski definition) is 3. The summed E-state index contributed by atoms with van der Waals surface area (Å²) >= 11 is 0. The molecule has 19 heavy (non-hydrogen) atoms. The highest BCUT2D eigenvalue weighted by Crippen LogP contribution is 2.26. The Balaban J connectivity index is 2.08. The van der Waals surface area contributed by atoms with Gasteiger partial charge < -0.3 is 10.1 Å². The molecule has 0 saturated heterocycles. The molecule has 100 valence electrons. The van der Waals surface area contributed by atoms with Crippen molar-refractivity contribution in [3.63, 3.8) is 0 Å². The molecule has 1 heterocycles. The number of H-pyrrole nitrogens is 1. The number of aromatic nitrogens is 2. The van der Waals surface area contributed by atoms with Crippen molar-refractivity contribution in [2.45, 2.75) is 31.9 Å². The zero-order valence-corrected chi connectivity index (χ0v) is 10.5. The van der Waals surface area contributed by atoms with Crippen LogP contribution in [0.2, 0.25) is 0 Å². The first-order valence-electron chi connectivity index (χ1n) is 6.57. The van der Waals surface area contributed by atoms with Crippen LogP contribution in [0, 0.1) is 5.92 Å². The van der Waals surface area contributed by atoms with Crippen LogP contribution in [0.3, 0.4) is 0 Å². The average molecular weight is 260 g/mol. The third kappa shape index (κ3) is 2.10. The van der Waals surface area contributed by atoms with Crippen LogP contribution < -0.4 is 11.2 Å². The summed E-state index contributed by atoms with van der Waals surface area (Å²) in [5.74, 6) is -0.0000350. The van der Waals surface area contributed by atoms with E-state index in [4.69, 9.17) is 0 Å². The molecule has 0 bridgehead atoms. The summed E-state index contributed by atoms with van der Waals surface area (Å²) in [7, 11) is 0. The first-order chi connectivity index (χ1) is 9.16. The number of nitrogens with zero attached hydrogens (tertiary/aromatic N) is 1. The SMILES string of the molecule is O=c1[nH]c2ccccc2c(=O)n1CC1CCCC1O. The molecule has 0 spiro atoms. The van der Waals surface area contributed by atoms with Crippen molar-refractivity contribution in [3.05, 3.63) is 45.1 Å². The highest BCUT2D eigenvalue weighted by molar-refractivity contribution is 5.76. The Morgan fingerprint density at radius 3 is 2.79 bits per heavy atom. The fraction of sp³-hybridized carbons (Fsp3) is 0.429. The predicted octanol–water partition coefficient (Wildman–Crippen LogP) is 0.851. The zero-order chi connectivity index (χ0) is 13.4. The minimum absolute atomic E-state index is 0.0000350. The molecule has 0 aliphatic heterocycles. The van der Waals surface area contributed by atoms with E-state index in [0.29, 0.717) is 17.4 Å². The normalized spacial score (nSPS) is 23.0. The summed E-state index contributed by atoms with van der Waals surface area (Å²) in [5, 5.41) is 10.3. The van der Waals surface area contributed by atoms with Crippen molar-refractivity contribution >= 4 is 10.9 Å². The van der Waals surface area contributed by atoms with Gasteiger partial charge in [0.05, 0.1) is 17.0 Å². The molecule has 1 aromatic carbocycles. The van der Waals surface area contributed by atoms with Gasteiger partial charge in [-0.1, -0.05) is 18.6 Å². The molecule has 2 unspecified atom stereocenters. The van der Waals surface area contributed by atoms with Gasteiger partial charge in [-0.05, 0) is 25.0 Å². The van der Waals surface area contributed by atoms with Crippen LogP contribution in [0.25, 0.3) is 10.9 Å². The molecule has 3 rings (SSSR count). The molecule has 1 fully saturated rings. The topological polar surface area (TPSA) is 75.1 Å². The first-order valence-corrected chi connectivity index (χ1v) is 6.57. The molecule has 1 aliphatic rings. The number of aliphatic hydroxyl groups is 1. The smallest absolute Gasteiger partial charge is 0.328 e. The van der Waals surface area contributed by atoms with Gasteiger partial charge in [0.1, 0.15) is 0 Å². The van der Waals surface area contributed by atoms with Gasteiger partial charge in [0.15, 0.2) is 0 Å². The number of hydrogen-bond donors (Lipinski definition) is 2. The van der Waals surface area contributed by atoms with Gasteiger partial charge >= 0.3 is 5.69 Å². The molecule has 1 saturated carbocycles. The molecule has 1 aromatic heterocycles. The van der Waals surface area contributed by atoms with Gasteiger partial charge in [-0.2, -0.15) is 0 Å². The van der Waals surface area contributed by atoms with Crippen molar-refractivity contribution in [3.8, 4) is 0 Å². The van der Waals surface area contributed by atoms with Crippen LogP contribution in [0.4, 0.5) is 0 Å². The molecule has 0 amide bonds. The summed E-state index contributed by atoms with van der Waals surface area (Å²) in [6.45, 7) is 0.292. The van der Waals surface area contributed by atoms with E-state index < -0.39 is 11.8 Å². The van der Waals surface area contributed by atoms with Gasteiger partial charge in [0.25, 0.3) is 5.56 Å². The Morgan fingerprint density at radius 2 is 2.05 bits per heavy atom. The minimum atomic E-state index is -0.405. The fourth-order valence-electron chi connectivity index (χ4n) is 2.83. The van der Waals surface area contributed by atoms with Crippen molar-refractivity contribution in [1.82, 2.24) is 9.55 Å². The predicted molar refractivity (Wildman–Crippen MR) is 72.2 cm³/mol. The van der Waals surface area contributed by atoms with Crippen molar-refractivity contribution in [2.75, 3.05) is 0 Å². The Bertz CT molecular complexity index is 716. The van der Waals surface area contributed by atoms with E-state index in [2.05, 4.69) is 4.98 Å². The Kier molecular flexibility index (Phi) is 2.98. The largest absolute Gasteiger partial charge is 0.393 e. The maximum atomic E-state index is 12.3. The fourth-order valence-corrected chi connectivity index (χ4v) is 2.83.